The van der Waals surface area contributed by atoms with Crippen LogP contribution in [0.2, 0.25) is 0 Å². The minimum Gasteiger partial charge on any atom is -0.495 e. The molecular formula is C24H23F3N4O3. The van der Waals surface area contributed by atoms with Crippen LogP contribution in [-0.2, 0) is 6.18 Å². The van der Waals surface area contributed by atoms with Crippen LogP contribution in [-0.4, -0.2) is 32.3 Å². The number of para-hydroxylation sites is 3. The Labute approximate surface area is 194 Å². The molecule has 0 fully saturated rings. The number of benzene rings is 3. The number of amides is 4. The number of ether oxygens (including phenoxy) is 1. The lowest BCUT2D eigenvalue weighted by Crippen LogP contribution is -2.42. The number of nitrogens with one attached hydrogen (secondary N) is 3. The summed E-state index contributed by atoms with van der Waals surface area (Å²) in [6.45, 7) is 0.139. The highest BCUT2D eigenvalue weighted by Gasteiger charge is 2.30. The molecule has 4 amide bonds. The topological polar surface area (TPSA) is 82.7 Å². The fourth-order valence-electron chi connectivity index (χ4n) is 3.12. The lowest BCUT2D eigenvalue weighted by molar-refractivity contribution is -0.137. The molecule has 3 aromatic rings. The summed E-state index contributed by atoms with van der Waals surface area (Å²) in [6.07, 6.45) is -4.53. The van der Waals surface area contributed by atoms with Crippen LogP contribution in [0, 0.1) is 0 Å². The summed E-state index contributed by atoms with van der Waals surface area (Å²) < 4.78 is 44.2. The Bertz CT molecular complexity index is 1120. The van der Waals surface area contributed by atoms with E-state index in [0.29, 0.717) is 17.1 Å². The number of urea groups is 2. The van der Waals surface area contributed by atoms with E-state index in [1.807, 2.05) is 0 Å². The summed E-state index contributed by atoms with van der Waals surface area (Å²) in [7, 11) is 1.49. The number of carbonyl (C=O) groups is 2. The van der Waals surface area contributed by atoms with Crippen molar-refractivity contribution in [1.29, 1.82) is 0 Å². The van der Waals surface area contributed by atoms with Crippen LogP contribution in [0.1, 0.15) is 5.56 Å². The van der Waals surface area contributed by atoms with Crippen LogP contribution in [0.25, 0.3) is 0 Å². The molecule has 0 bridgehead atoms. The van der Waals surface area contributed by atoms with Crippen LogP contribution in [0.3, 0.4) is 0 Å². The Morgan fingerprint density at radius 1 is 0.912 bits per heavy atom. The molecular weight excluding hydrogens is 449 g/mol. The summed E-state index contributed by atoms with van der Waals surface area (Å²) in [5.74, 6) is 0.490. The first-order valence-corrected chi connectivity index (χ1v) is 10.3. The van der Waals surface area contributed by atoms with E-state index in [4.69, 9.17) is 4.74 Å². The number of halogens is 3. The van der Waals surface area contributed by atoms with Gasteiger partial charge >= 0.3 is 18.2 Å². The SMILES string of the molecule is COc1ccccc1NC(=O)NCCN(C(=O)Nc1cccc(C(F)(F)F)c1)c1ccccc1. The second kappa shape index (κ2) is 11.1. The zero-order chi connectivity index (χ0) is 24.6. The highest BCUT2D eigenvalue weighted by atomic mass is 19.4. The standard InChI is InChI=1S/C24H23F3N4O3/c1-34-21-13-6-5-12-20(21)30-22(32)28-14-15-31(19-10-3-2-4-11-19)23(33)29-18-9-7-8-17(16-18)24(25,26)27/h2-13,16H,14-15H2,1H3,(H,29,33)(H2,28,30,32). The van der Waals surface area contributed by atoms with Gasteiger partial charge in [-0.15, -0.1) is 0 Å². The highest BCUT2D eigenvalue weighted by molar-refractivity contribution is 6.01. The van der Waals surface area contributed by atoms with E-state index in [-0.39, 0.29) is 18.8 Å². The average Bonchev–Trinajstić information content (AvgIpc) is 2.82. The Morgan fingerprint density at radius 3 is 2.32 bits per heavy atom. The lowest BCUT2D eigenvalue weighted by Gasteiger charge is -2.24. The molecule has 3 N–H and O–H groups in total. The zero-order valence-electron chi connectivity index (χ0n) is 18.2. The van der Waals surface area contributed by atoms with E-state index in [0.717, 1.165) is 12.1 Å². The first-order chi connectivity index (χ1) is 16.3. The first-order valence-electron chi connectivity index (χ1n) is 10.3. The molecule has 0 aliphatic carbocycles. The third-order valence-corrected chi connectivity index (χ3v) is 4.73. The van der Waals surface area contributed by atoms with E-state index in [1.165, 1.54) is 24.1 Å². The van der Waals surface area contributed by atoms with Crippen molar-refractivity contribution in [3.05, 3.63) is 84.4 Å². The van der Waals surface area contributed by atoms with Crippen molar-refractivity contribution in [2.45, 2.75) is 6.18 Å². The molecule has 178 valence electrons. The van der Waals surface area contributed by atoms with Gasteiger partial charge < -0.3 is 20.7 Å². The predicted octanol–water partition coefficient (Wildman–Crippen LogP) is 5.57. The molecule has 0 spiro atoms. The number of methoxy groups -OCH3 is 1. The van der Waals surface area contributed by atoms with Crippen molar-refractivity contribution >= 4 is 29.1 Å². The summed E-state index contributed by atoms with van der Waals surface area (Å²) >= 11 is 0. The van der Waals surface area contributed by atoms with Gasteiger partial charge in [0.25, 0.3) is 0 Å². The molecule has 10 heteroatoms. The first kappa shape index (κ1) is 24.4. The molecule has 0 saturated heterocycles. The van der Waals surface area contributed by atoms with Crippen molar-refractivity contribution in [3.63, 3.8) is 0 Å². The molecule has 34 heavy (non-hydrogen) atoms. The number of rotatable bonds is 7. The maximum Gasteiger partial charge on any atom is 0.416 e. The average molecular weight is 472 g/mol. The normalized spacial score (nSPS) is 10.8. The van der Waals surface area contributed by atoms with Crippen LogP contribution < -0.4 is 25.6 Å². The number of alkyl halides is 3. The van der Waals surface area contributed by atoms with Crippen LogP contribution in [0.4, 0.5) is 39.8 Å². The molecule has 0 radical (unpaired) electrons. The Morgan fingerprint density at radius 2 is 1.62 bits per heavy atom. The van der Waals surface area contributed by atoms with Gasteiger partial charge in [-0.25, -0.2) is 9.59 Å². The molecule has 0 saturated carbocycles. The van der Waals surface area contributed by atoms with Gasteiger partial charge in [0.2, 0.25) is 0 Å². The molecule has 3 rings (SSSR count). The number of hydrogen-bond donors (Lipinski definition) is 3. The van der Waals surface area contributed by atoms with Gasteiger partial charge in [-0.2, -0.15) is 13.2 Å². The van der Waals surface area contributed by atoms with Gasteiger partial charge in [0.1, 0.15) is 5.75 Å². The summed E-state index contributed by atoms with van der Waals surface area (Å²) in [6, 6.07) is 18.7. The van der Waals surface area contributed by atoms with Gasteiger partial charge in [0, 0.05) is 24.5 Å². The largest absolute Gasteiger partial charge is 0.495 e. The highest BCUT2D eigenvalue weighted by Crippen LogP contribution is 2.31. The van der Waals surface area contributed by atoms with Gasteiger partial charge in [0.15, 0.2) is 0 Å². The molecule has 0 unspecified atom stereocenters. The summed E-state index contributed by atoms with van der Waals surface area (Å²) in [4.78, 5) is 26.5. The lowest BCUT2D eigenvalue weighted by atomic mass is 10.2. The fraction of sp³-hybridized carbons (Fsp3) is 0.167. The number of carbonyl (C=O) groups excluding carboxylic acids is 2. The minimum atomic E-state index is -4.53. The molecule has 0 heterocycles. The third-order valence-electron chi connectivity index (χ3n) is 4.73. The minimum absolute atomic E-state index is 0.00244. The Balaban J connectivity index is 1.66. The molecule has 0 atom stereocenters. The van der Waals surface area contributed by atoms with Gasteiger partial charge in [-0.05, 0) is 42.5 Å². The monoisotopic (exact) mass is 472 g/mol. The molecule has 0 aliphatic rings. The van der Waals surface area contributed by atoms with E-state index < -0.39 is 23.8 Å². The maximum absolute atomic E-state index is 13.0. The molecule has 0 aromatic heterocycles. The number of hydrogen-bond acceptors (Lipinski definition) is 3. The van der Waals surface area contributed by atoms with Crippen molar-refractivity contribution < 1.29 is 27.5 Å². The second-order valence-electron chi connectivity index (χ2n) is 7.08. The van der Waals surface area contributed by atoms with Gasteiger partial charge in [-0.3, -0.25) is 4.90 Å². The van der Waals surface area contributed by atoms with Gasteiger partial charge in [0.05, 0.1) is 18.4 Å². The van der Waals surface area contributed by atoms with Gasteiger partial charge in [-0.1, -0.05) is 36.4 Å². The van der Waals surface area contributed by atoms with E-state index in [2.05, 4.69) is 16.0 Å². The predicted molar refractivity (Wildman–Crippen MR) is 124 cm³/mol. The van der Waals surface area contributed by atoms with Crippen LogP contribution >= 0.6 is 0 Å². The van der Waals surface area contributed by atoms with E-state index in [1.54, 1.807) is 54.6 Å². The molecule has 0 aliphatic heterocycles. The van der Waals surface area contributed by atoms with Crippen LogP contribution in [0.5, 0.6) is 5.75 Å². The van der Waals surface area contributed by atoms with E-state index in [9.17, 15) is 22.8 Å². The quantitative estimate of drug-likeness (QED) is 0.420. The number of nitrogens with zero attached hydrogens (tertiary/aromatic N) is 1. The van der Waals surface area contributed by atoms with Crippen molar-refractivity contribution in [1.82, 2.24) is 5.32 Å². The van der Waals surface area contributed by atoms with Crippen molar-refractivity contribution in [2.24, 2.45) is 0 Å². The Kier molecular flexibility index (Phi) is 7.96. The smallest absolute Gasteiger partial charge is 0.416 e. The van der Waals surface area contributed by atoms with Crippen molar-refractivity contribution in [2.75, 3.05) is 35.7 Å². The number of anilines is 3. The fourth-order valence-corrected chi connectivity index (χ4v) is 3.12. The second-order valence-corrected chi connectivity index (χ2v) is 7.08. The Hall–Kier alpha value is -4.21. The molecule has 7 nitrogen and oxygen atoms in total. The van der Waals surface area contributed by atoms with Crippen LogP contribution in [0.15, 0.2) is 78.9 Å². The summed E-state index contributed by atoms with van der Waals surface area (Å²) in [5, 5.41) is 7.81. The zero-order valence-corrected chi connectivity index (χ0v) is 18.2. The third kappa shape index (κ3) is 6.64. The van der Waals surface area contributed by atoms with Crippen molar-refractivity contribution in [3.8, 4) is 5.75 Å². The van der Waals surface area contributed by atoms with E-state index >= 15 is 0 Å². The summed E-state index contributed by atoms with van der Waals surface area (Å²) in [5.41, 5.74) is 0.123. The maximum atomic E-state index is 13.0. The molecule has 3 aromatic carbocycles.